The molecule has 1 aliphatic heterocycles. The van der Waals surface area contributed by atoms with Gasteiger partial charge in [0.1, 0.15) is 24.5 Å². The third-order valence-corrected chi connectivity index (χ3v) is 5.33. The lowest BCUT2D eigenvalue weighted by Gasteiger charge is -2.14. The van der Waals surface area contributed by atoms with Crippen molar-refractivity contribution in [2.24, 2.45) is 0 Å². The summed E-state index contributed by atoms with van der Waals surface area (Å²) in [7, 11) is 1.54. The van der Waals surface area contributed by atoms with Gasteiger partial charge in [-0.15, -0.1) is 0 Å². The van der Waals surface area contributed by atoms with Gasteiger partial charge < -0.3 is 14.2 Å². The molecule has 0 bridgehead atoms. The van der Waals surface area contributed by atoms with Gasteiger partial charge in [0.05, 0.1) is 12.8 Å². The van der Waals surface area contributed by atoms with Crippen molar-refractivity contribution in [1.82, 2.24) is 5.43 Å². The summed E-state index contributed by atoms with van der Waals surface area (Å²) in [5, 5.41) is 1.23. The fourth-order valence-electron chi connectivity index (χ4n) is 3.64. The van der Waals surface area contributed by atoms with Crippen LogP contribution in [0.25, 0.3) is 6.08 Å². The Morgan fingerprint density at radius 1 is 0.853 bits per heavy atom. The van der Waals surface area contributed by atoms with E-state index in [1.54, 1.807) is 42.5 Å². The minimum Gasteiger partial charge on any atom is -0.493 e. The second kappa shape index (κ2) is 10.1. The highest BCUT2D eigenvalue weighted by Gasteiger charge is 2.34. The van der Waals surface area contributed by atoms with E-state index >= 15 is 0 Å². The zero-order chi connectivity index (χ0) is 24.1. The van der Waals surface area contributed by atoms with Crippen molar-refractivity contribution in [3.8, 4) is 17.2 Å². The lowest BCUT2D eigenvalue weighted by Crippen LogP contribution is -2.35. The van der Waals surface area contributed by atoms with Crippen LogP contribution >= 0.6 is 0 Å². The summed E-state index contributed by atoms with van der Waals surface area (Å²) in [6.45, 7) is 4.76. The highest BCUT2D eigenvalue weighted by atomic mass is 16.5. The molecule has 3 aromatic rings. The molecule has 0 unspecified atom stereocenters. The van der Waals surface area contributed by atoms with Crippen molar-refractivity contribution in [3.05, 3.63) is 89.0 Å². The molecule has 0 spiro atoms. The van der Waals surface area contributed by atoms with Gasteiger partial charge in [0, 0.05) is 0 Å². The zero-order valence-electron chi connectivity index (χ0n) is 19.3. The highest BCUT2D eigenvalue weighted by molar-refractivity contribution is 6.31. The Bertz CT molecular complexity index is 1240. The van der Waals surface area contributed by atoms with E-state index in [-0.39, 0.29) is 5.57 Å². The van der Waals surface area contributed by atoms with Crippen LogP contribution in [-0.4, -0.2) is 32.1 Å². The molecule has 0 saturated carbocycles. The van der Waals surface area contributed by atoms with Crippen molar-refractivity contribution in [2.45, 2.75) is 13.8 Å². The average molecular weight is 459 g/mol. The summed E-state index contributed by atoms with van der Waals surface area (Å²) in [5.74, 6) is 0.983. The van der Waals surface area contributed by atoms with Crippen LogP contribution in [-0.2, 0) is 9.59 Å². The number of ether oxygens (including phenoxy) is 3. The van der Waals surface area contributed by atoms with Crippen LogP contribution in [0.5, 0.6) is 17.2 Å². The lowest BCUT2D eigenvalue weighted by molar-refractivity contribution is -0.117. The number of nitrogens with zero attached hydrogens (tertiary/aromatic N) is 1. The minimum atomic E-state index is -0.461. The molecule has 0 radical (unpaired) electrons. The van der Waals surface area contributed by atoms with Gasteiger partial charge in [-0.05, 0) is 61.4 Å². The topological polar surface area (TPSA) is 77.1 Å². The van der Waals surface area contributed by atoms with Crippen LogP contribution in [0.15, 0.2) is 72.3 Å². The number of aryl methyl sites for hydroxylation is 2. The summed E-state index contributed by atoms with van der Waals surface area (Å²) in [6, 6.07) is 20.2. The van der Waals surface area contributed by atoms with E-state index in [4.69, 9.17) is 14.2 Å². The van der Waals surface area contributed by atoms with Gasteiger partial charge in [0.15, 0.2) is 11.5 Å². The summed E-state index contributed by atoms with van der Waals surface area (Å²) < 4.78 is 17.1. The molecule has 1 aliphatic rings. The molecule has 34 heavy (non-hydrogen) atoms. The number of nitrogens with one attached hydrogen (secondary N) is 1. The maximum atomic E-state index is 12.8. The second-order valence-electron chi connectivity index (χ2n) is 7.85. The van der Waals surface area contributed by atoms with E-state index in [0.29, 0.717) is 36.0 Å². The van der Waals surface area contributed by atoms with E-state index in [1.807, 2.05) is 32.0 Å². The first-order valence-corrected chi connectivity index (χ1v) is 10.9. The van der Waals surface area contributed by atoms with E-state index in [0.717, 1.165) is 11.3 Å². The predicted octanol–water partition coefficient (Wildman–Crippen LogP) is 4.23. The van der Waals surface area contributed by atoms with Crippen molar-refractivity contribution >= 4 is 23.6 Å². The molecule has 1 fully saturated rings. The normalized spacial score (nSPS) is 14.3. The maximum absolute atomic E-state index is 12.8. The Hall–Kier alpha value is -4.26. The predicted molar refractivity (Wildman–Crippen MR) is 130 cm³/mol. The van der Waals surface area contributed by atoms with Gasteiger partial charge in [-0.2, -0.15) is 0 Å². The Labute approximate surface area is 198 Å². The number of carbonyl (C=O) groups is 2. The quantitative estimate of drug-likeness (QED) is 0.311. The van der Waals surface area contributed by atoms with Gasteiger partial charge in [-0.3, -0.25) is 15.0 Å². The van der Waals surface area contributed by atoms with Crippen molar-refractivity contribution < 1.29 is 23.8 Å². The molecule has 4 rings (SSSR count). The molecular weight excluding hydrogens is 432 g/mol. The Morgan fingerprint density at radius 2 is 1.56 bits per heavy atom. The van der Waals surface area contributed by atoms with Crippen LogP contribution < -0.4 is 24.6 Å². The largest absolute Gasteiger partial charge is 0.493 e. The summed E-state index contributed by atoms with van der Waals surface area (Å²) >= 11 is 0. The van der Waals surface area contributed by atoms with E-state index in [9.17, 15) is 9.59 Å². The van der Waals surface area contributed by atoms with Gasteiger partial charge >= 0.3 is 0 Å². The Kier molecular flexibility index (Phi) is 6.82. The van der Waals surface area contributed by atoms with E-state index in [2.05, 4.69) is 11.5 Å². The molecule has 7 nitrogen and oxygen atoms in total. The summed E-state index contributed by atoms with van der Waals surface area (Å²) in [4.78, 5) is 25.2. The molecule has 1 saturated heterocycles. The fourth-order valence-corrected chi connectivity index (χ4v) is 3.64. The molecule has 0 aromatic heterocycles. The lowest BCUT2D eigenvalue weighted by atomic mass is 10.1. The van der Waals surface area contributed by atoms with Gasteiger partial charge in [-0.25, -0.2) is 5.01 Å². The number of para-hydroxylation sites is 1. The van der Waals surface area contributed by atoms with Crippen LogP contribution in [0.3, 0.4) is 0 Å². The monoisotopic (exact) mass is 458 g/mol. The van der Waals surface area contributed by atoms with Gasteiger partial charge in [0.25, 0.3) is 11.8 Å². The summed E-state index contributed by atoms with van der Waals surface area (Å²) in [5.41, 5.74) is 6.13. The molecule has 0 atom stereocenters. The maximum Gasteiger partial charge on any atom is 0.282 e. The average Bonchev–Trinajstić information content (AvgIpc) is 3.12. The minimum absolute atomic E-state index is 0.0430. The van der Waals surface area contributed by atoms with Crippen LogP contribution in [0, 0.1) is 13.8 Å². The fraction of sp³-hybridized carbons (Fsp3) is 0.185. The molecule has 0 aliphatic carbocycles. The SMILES string of the molecule is COc1cc(/C=C2\C(=O)NN(c3ccccc3)C2=O)ccc1OCCOc1ccc(C)cc1C. The van der Waals surface area contributed by atoms with Crippen LogP contribution in [0.1, 0.15) is 16.7 Å². The Morgan fingerprint density at radius 3 is 2.26 bits per heavy atom. The number of carbonyl (C=O) groups excluding carboxylic acids is 2. The van der Waals surface area contributed by atoms with Gasteiger partial charge in [-0.1, -0.05) is 42.0 Å². The first-order chi connectivity index (χ1) is 16.5. The van der Waals surface area contributed by atoms with E-state index < -0.39 is 11.8 Å². The third kappa shape index (κ3) is 5.04. The van der Waals surface area contributed by atoms with Crippen LogP contribution in [0.4, 0.5) is 5.69 Å². The van der Waals surface area contributed by atoms with E-state index in [1.165, 1.54) is 23.8 Å². The number of hydrogen-bond acceptors (Lipinski definition) is 5. The number of hydrazine groups is 1. The Balaban J connectivity index is 1.42. The van der Waals surface area contributed by atoms with Crippen LogP contribution in [0.2, 0.25) is 0 Å². The smallest absolute Gasteiger partial charge is 0.282 e. The third-order valence-electron chi connectivity index (χ3n) is 5.33. The standard InChI is InChI=1S/C27H26N2O5/c1-18-9-11-23(19(2)15-18)33-13-14-34-24-12-10-20(17-25(24)32-3)16-22-26(30)28-29(27(22)31)21-7-5-4-6-8-21/h4-12,15-17H,13-14H2,1-3H3,(H,28,30)/b22-16+. The number of amides is 2. The molecule has 2 amide bonds. The number of methoxy groups -OCH3 is 1. The number of rotatable bonds is 8. The number of hydrogen-bond donors (Lipinski definition) is 1. The number of anilines is 1. The first-order valence-electron chi connectivity index (χ1n) is 10.9. The molecule has 3 aromatic carbocycles. The molecule has 174 valence electrons. The molecule has 7 heteroatoms. The molecule has 1 N–H and O–H groups in total. The molecular formula is C27H26N2O5. The van der Waals surface area contributed by atoms with Crippen molar-refractivity contribution in [3.63, 3.8) is 0 Å². The van der Waals surface area contributed by atoms with Crippen molar-refractivity contribution in [2.75, 3.05) is 25.3 Å². The zero-order valence-corrected chi connectivity index (χ0v) is 19.3. The second-order valence-corrected chi connectivity index (χ2v) is 7.85. The summed E-state index contributed by atoms with van der Waals surface area (Å²) in [6.07, 6.45) is 1.54. The molecule has 1 heterocycles. The highest BCUT2D eigenvalue weighted by Crippen LogP contribution is 2.30. The first kappa shape index (κ1) is 22.9. The van der Waals surface area contributed by atoms with Gasteiger partial charge in [0.2, 0.25) is 0 Å². The van der Waals surface area contributed by atoms with Crippen molar-refractivity contribution in [1.29, 1.82) is 0 Å². The number of benzene rings is 3.